The van der Waals surface area contributed by atoms with Crippen LogP contribution in [-0.2, 0) is 4.74 Å². The summed E-state index contributed by atoms with van der Waals surface area (Å²) in [7, 11) is 0. The number of nitrogens with one attached hydrogen (secondary N) is 2. The standard InChI is InChI=1S/C20H26N4O2/c1-2-26-20-7-11-5-12(8-20)16(13(6-11)9-20)24-17-14-3-4-22-19(14)23-10-15(17)18(21)25/h3-4,10-13,16H,2,5-9H2,1H3,(H2,21,25)(H2,22,23,24)/t11?,12-,13+,16+,20-. The minimum absolute atomic E-state index is 0.0948. The molecule has 6 rings (SSSR count). The van der Waals surface area contributed by atoms with Gasteiger partial charge >= 0.3 is 0 Å². The normalized spacial score (nSPS) is 35.1. The summed E-state index contributed by atoms with van der Waals surface area (Å²) in [5, 5.41) is 4.69. The minimum Gasteiger partial charge on any atom is -0.380 e. The molecule has 1 unspecified atom stereocenters. The zero-order valence-electron chi connectivity index (χ0n) is 15.1. The van der Waals surface area contributed by atoms with Crippen molar-refractivity contribution in [3.8, 4) is 0 Å². The van der Waals surface area contributed by atoms with E-state index in [4.69, 9.17) is 10.5 Å². The zero-order valence-corrected chi connectivity index (χ0v) is 15.1. The SMILES string of the molecule is CCO[C@]12CC3C[C@H](C1)[C@H](Nc1c(C(N)=O)cnc4[nH]ccc14)[C@@H](C3)C2. The van der Waals surface area contributed by atoms with Crippen molar-refractivity contribution >= 4 is 22.6 Å². The van der Waals surface area contributed by atoms with Gasteiger partial charge in [-0.2, -0.15) is 0 Å². The summed E-state index contributed by atoms with van der Waals surface area (Å²) in [5.74, 6) is 1.54. The van der Waals surface area contributed by atoms with Gasteiger partial charge in [0.05, 0.1) is 16.9 Å². The van der Waals surface area contributed by atoms with Gasteiger partial charge < -0.3 is 20.8 Å². The van der Waals surface area contributed by atoms with Gasteiger partial charge in [-0.25, -0.2) is 4.98 Å². The van der Waals surface area contributed by atoms with Crippen molar-refractivity contribution in [3.05, 3.63) is 24.0 Å². The van der Waals surface area contributed by atoms with Crippen LogP contribution in [0.3, 0.4) is 0 Å². The highest BCUT2D eigenvalue weighted by Gasteiger charge is 2.56. The molecular formula is C20H26N4O2. The van der Waals surface area contributed by atoms with E-state index < -0.39 is 5.91 Å². The molecule has 4 aliphatic rings. The molecule has 138 valence electrons. The largest absolute Gasteiger partial charge is 0.380 e. The highest BCUT2D eigenvalue weighted by Crippen LogP contribution is 2.57. The smallest absolute Gasteiger partial charge is 0.252 e. The molecule has 0 aromatic carbocycles. The Morgan fingerprint density at radius 3 is 2.85 bits per heavy atom. The van der Waals surface area contributed by atoms with Crippen LogP contribution in [0.4, 0.5) is 5.69 Å². The Morgan fingerprint density at radius 1 is 1.38 bits per heavy atom. The molecule has 0 saturated heterocycles. The number of hydrogen-bond acceptors (Lipinski definition) is 4. The average Bonchev–Trinajstić information content (AvgIpc) is 3.06. The first-order chi connectivity index (χ1) is 12.6. The number of carbonyl (C=O) groups is 1. The van der Waals surface area contributed by atoms with Gasteiger partial charge in [0, 0.05) is 30.4 Å². The number of pyridine rings is 1. The molecule has 0 radical (unpaired) electrons. The summed E-state index contributed by atoms with van der Waals surface area (Å²) >= 11 is 0. The molecule has 4 saturated carbocycles. The van der Waals surface area contributed by atoms with E-state index in [2.05, 4.69) is 22.2 Å². The maximum Gasteiger partial charge on any atom is 0.252 e. The predicted molar refractivity (Wildman–Crippen MR) is 99.9 cm³/mol. The van der Waals surface area contributed by atoms with E-state index in [1.54, 1.807) is 6.20 Å². The summed E-state index contributed by atoms with van der Waals surface area (Å²) in [6.07, 6.45) is 9.43. The maximum absolute atomic E-state index is 12.0. The van der Waals surface area contributed by atoms with Crippen LogP contribution in [0.15, 0.2) is 18.5 Å². The first-order valence-corrected chi connectivity index (χ1v) is 9.75. The number of rotatable bonds is 5. The highest BCUT2D eigenvalue weighted by molar-refractivity contribution is 6.06. The van der Waals surface area contributed by atoms with Gasteiger partial charge in [0.15, 0.2) is 0 Å². The Bertz CT molecular complexity index is 845. The Morgan fingerprint density at radius 2 is 2.15 bits per heavy atom. The number of ether oxygens (including phenoxy) is 1. The van der Waals surface area contributed by atoms with Crippen LogP contribution in [0.1, 0.15) is 49.4 Å². The van der Waals surface area contributed by atoms with Crippen LogP contribution in [0, 0.1) is 17.8 Å². The summed E-state index contributed by atoms with van der Waals surface area (Å²) in [5.41, 5.74) is 7.83. The number of nitrogens with two attached hydrogens (primary N) is 1. The third kappa shape index (κ3) is 2.35. The van der Waals surface area contributed by atoms with Crippen molar-refractivity contribution in [1.82, 2.24) is 9.97 Å². The lowest BCUT2D eigenvalue weighted by molar-refractivity contribution is -0.163. The van der Waals surface area contributed by atoms with Gasteiger partial charge in [-0.15, -0.1) is 0 Å². The molecule has 4 aliphatic carbocycles. The predicted octanol–water partition coefficient (Wildman–Crippen LogP) is 3.06. The van der Waals surface area contributed by atoms with E-state index in [1.165, 1.54) is 19.3 Å². The fraction of sp³-hybridized carbons (Fsp3) is 0.600. The second-order valence-electron chi connectivity index (χ2n) is 8.41. The lowest BCUT2D eigenvalue weighted by Crippen LogP contribution is -2.60. The number of anilines is 1. The number of primary amides is 1. The summed E-state index contributed by atoms with van der Waals surface area (Å²) in [6, 6.07) is 2.34. The number of hydrogen-bond donors (Lipinski definition) is 3. The second kappa shape index (κ2) is 5.71. The number of H-pyrrole nitrogens is 1. The monoisotopic (exact) mass is 354 g/mol. The number of aromatic nitrogens is 2. The van der Waals surface area contributed by atoms with Gasteiger partial charge in [-0.1, -0.05) is 0 Å². The Balaban J connectivity index is 1.50. The molecule has 2 aromatic heterocycles. The first-order valence-electron chi connectivity index (χ1n) is 9.75. The second-order valence-corrected chi connectivity index (χ2v) is 8.41. The van der Waals surface area contributed by atoms with Crippen molar-refractivity contribution in [1.29, 1.82) is 0 Å². The molecular weight excluding hydrogens is 328 g/mol. The zero-order chi connectivity index (χ0) is 17.9. The fourth-order valence-electron chi connectivity index (χ4n) is 6.19. The van der Waals surface area contributed by atoms with E-state index in [9.17, 15) is 4.79 Å². The third-order valence-electron chi connectivity index (χ3n) is 6.83. The van der Waals surface area contributed by atoms with Crippen LogP contribution in [0.5, 0.6) is 0 Å². The van der Waals surface area contributed by atoms with Crippen molar-refractivity contribution in [2.75, 3.05) is 11.9 Å². The Hall–Kier alpha value is -2.08. The molecule has 26 heavy (non-hydrogen) atoms. The molecule has 4 N–H and O–H groups in total. The maximum atomic E-state index is 12.0. The number of aromatic amines is 1. The molecule has 0 spiro atoms. The van der Waals surface area contributed by atoms with Gasteiger partial charge in [0.1, 0.15) is 5.65 Å². The van der Waals surface area contributed by atoms with Gasteiger partial charge in [0.25, 0.3) is 5.91 Å². The van der Waals surface area contributed by atoms with E-state index >= 15 is 0 Å². The van der Waals surface area contributed by atoms with Crippen molar-refractivity contribution < 1.29 is 9.53 Å². The summed E-state index contributed by atoms with van der Waals surface area (Å²) in [4.78, 5) is 19.4. The lowest BCUT2D eigenvalue weighted by Gasteiger charge is -2.59. The number of amides is 1. The average molecular weight is 354 g/mol. The molecule has 5 atom stereocenters. The first kappa shape index (κ1) is 16.1. The molecule has 1 amide bonds. The molecule has 0 aliphatic heterocycles. The van der Waals surface area contributed by atoms with E-state index in [1.807, 2.05) is 12.3 Å². The minimum atomic E-state index is -0.433. The number of fused-ring (bicyclic) bond motifs is 1. The third-order valence-corrected chi connectivity index (χ3v) is 6.83. The highest BCUT2D eigenvalue weighted by atomic mass is 16.5. The topological polar surface area (TPSA) is 93.0 Å². The molecule has 2 heterocycles. The summed E-state index contributed by atoms with van der Waals surface area (Å²) in [6.45, 7) is 2.90. The number of carbonyl (C=O) groups excluding carboxylic acids is 1. The number of nitrogens with zero attached hydrogens (tertiary/aromatic N) is 1. The van der Waals surface area contributed by atoms with Crippen LogP contribution >= 0.6 is 0 Å². The van der Waals surface area contributed by atoms with Crippen molar-refractivity contribution in [2.24, 2.45) is 23.5 Å². The van der Waals surface area contributed by atoms with Crippen LogP contribution in [0.2, 0.25) is 0 Å². The van der Waals surface area contributed by atoms with Crippen molar-refractivity contribution in [2.45, 2.75) is 50.7 Å². The van der Waals surface area contributed by atoms with Crippen LogP contribution in [-0.4, -0.2) is 34.1 Å². The van der Waals surface area contributed by atoms with Gasteiger partial charge in [-0.05, 0) is 62.8 Å². The van der Waals surface area contributed by atoms with Gasteiger partial charge in [0.2, 0.25) is 0 Å². The lowest BCUT2D eigenvalue weighted by atomic mass is 9.52. The summed E-state index contributed by atoms with van der Waals surface area (Å²) < 4.78 is 6.24. The Labute approximate surface area is 152 Å². The fourth-order valence-corrected chi connectivity index (χ4v) is 6.19. The quantitative estimate of drug-likeness (QED) is 0.769. The van der Waals surface area contributed by atoms with Gasteiger partial charge in [-0.3, -0.25) is 4.79 Å². The van der Waals surface area contributed by atoms with Crippen LogP contribution in [0.25, 0.3) is 11.0 Å². The molecule has 4 bridgehead atoms. The van der Waals surface area contributed by atoms with E-state index in [0.29, 0.717) is 23.4 Å². The molecule has 6 heteroatoms. The van der Waals surface area contributed by atoms with E-state index in [-0.39, 0.29) is 5.60 Å². The van der Waals surface area contributed by atoms with Crippen molar-refractivity contribution in [3.63, 3.8) is 0 Å². The Kier molecular flexibility index (Phi) is 3.54. The van der Waals surface area contributed by atoms with E-state index in [0.717, 1.165) is 42.1 Å². The molecule has 2 aromatic rings. The van der Waals surface area contributed by atoms with Crippen LogP contribution < -0.4 is 11.1 Å². The molecule has 6 nitrogen and oxygen atoms in total. The molecule has 4 fully saturated rings.